The number of aromatic nitrogens is 2. The van der Waals surface area contributed by atoms with Crippen LogP contribution in [0.5, 0.6) is 0 Å². The van der Waals surface area contributed by atoms with Crippen LogP contribution in [0.1, 0.15) is 19.2 Å². The Labute approximate surface area is 119 Å². The van der Waals surface area contributed by atoms with E-state index in [1.165, 1.54) is 18.2 Å². The molecule has 0 saturated heterocycles. The standard InChI is InChI=1S/C13H12ClFN2O3/c1-7(5-12(18)19)4-11-16-13(17-20-11)9-3-2-8(15)6-10(9)14/h2-3,6-7H,4-5H2,1H3,(H,18,19). The van der Waals surface area contributed by atoms with Crippen molar-refractivity contribution >= 4 is 17.6 Å². The van der Waals surface area contributed by atoms with Gasteiger partial charge in [0.1, 0.15) is 5.82 Å². The van der Waals surface area contributed by atoms with Gasteiger partial charge < -0.3 is 9.63 Å². The summed E-state index contributed by atoms with van der Waals surface area (Å²) in [7, 11) is 0. The van der Waals surface area contributed by atoms with Gasteiger partial charge in [0.15, 0.2) is 0 Å². The molecule has 1 heterocycles. The van der Waals surface area contributed by atoms with E-state index in [0.717, 1.165) is 0 Å². The number of halogens is 2. The molecule has 1 aromatic heterocycles. The number of aliphatic carboxylic acids is 1. The summed E-state index contributed by atoms with van der Waals surface area (Å²) < 4.78 is 18.0. The number of carboxylic acids is 1. The Morgan fingerprint density at radius 1 is 1.55 bits per heavy atom. The van der Waals surface area contributed by atoms with Crippen molar-refractivity contribution in [2.45, 2.75) is 19.8 Å². The molecule has 7 heteroatoms. The van der Waals surface area contributed by atoms with Crippen molar-refractivity contribution in [2.24, 2.45) is 5.92 Å². The molecule has 1 atom stereocenters. The van der Waals surface area contributed by atoms with Crippen molar-refractivity contribution in [1.82, 2.24) is 10.1 Å². The van der Waals surface area contributed by atoms with E-state index in [1.54, 1.807) is 6.92 Å². The number of nitrogens with zero attached hydrogens (tertiary/aromatic N) is 2. The fourth-order valence-corrected chi connectivity index (χ4v) is 2.04. The van der Waals surface area contributed by atoms with Gasteiger partial charge >= 0.3 is 5.97 Å². The van der Waals surface area contributed by atoms with E-state index in [4.69, 9.17) is 21.2 Å². The van der Waals surface area contributed by atoms with Crippen LogP contribution in [0.15, 0.2) is 22.7 Å². The van der Waals surface area contributed by atoms with Crippen LogP contribution in [0.4, 0.5) is 4.39 Å². The maximum Gasteiger partial charge on any atom is 0.303 e. The van der Waals surface area contributed by atoms with Crippen LogP contribution in [-0.2, 0) is 11.2 Å². The van der Waals surface area contributed by atoms with Crippen molar-refractivity contribution in [3.05, 3.63) is 34.9 Å². The summed E-state index contributed by atoms with van der Waals surface area (Å²) in [6.45, 7) is 1.78. The zero-order valence-electron chi connectivity index (χ0n) is 10.6. The molecule has 0 radical (unpaired) electrons. The first-order valence-electron chi connectivity index (χ1n) is 5.95. The summed E-state index contributed by atoms with van der Waals surface area (Å²) in [5.41, 5.74) is 0.467. The van der Waals surface area contributed by atoms with E-state index < -0.39 is 11.8 Å². The second-order valence-electron chi connectivity index (χ2n) is 4.54. The molecule has 0 saturated carbocycles. The molecule has 0 aliphatic carbocycles. The number of carboxylic acid groups (broad SMARTS) is 1. The zero-order chi connectivity index (χ0) is 14.7. The molecule has 2 aromatic rings. The Bertz CT molecular complexity index is 630. The van der Waals surface area contributed by atoms with Crippen LogP contribution in [0.2, 0.25) is 5.02 Å². The van der Waals surface area contributed by atoms with Crippen molar-refractivity contribution in [2.75, 3.05) is 0 Å². The molecule has 1 N–H and O–H groups in total. The summed E-state index contributed by atoms with van der Waals surface area (Å²) in [5, 5.41) is 12.6. The SMILES string of the molecule is CC(CC(=O)O)Cc1nc(-c2ccc(F)cc2Cl)no1. The first kappa shape index (κ1) is 14.5. The van der Waals surface area contributed by atoms with Gasteiger partial charge in [-0.3, -0.25) is 4.79 Å². The number of hydrogen-bond acceptors (Lipinski definition) is 4. The quantitative estimate of drug-likeness (QED) is 0.917. The van der Waals surface area contributed by atoms with Crippen molar-refractivity contribution < 1.29 is 18.8 Å². The van der Waals surface area contributed by atoms with E-state index in [9.17, 15) is 9.18 Å². The predicted octanol–water partition coefficient (Wildman–Crippen LogP) is 3.18. The topological polar surface area (TPSA) is 76.2 Å². The van der Waals surface area contributed by atoms with Gasteiger partial charge in [-0.1, -0.05) is 23.7 Å². The van der Waals surface area contributed by atoms with Crippen molar-refractivity contribution in [3.63, 3.8) is 0 Å². The lowest BCUT2D eigenvalue weighted by Gasteiger charge is -2.03. The van der Waals surface area contributed by atoms with E-state index in [0.29, 0.717) is 17.9 Å². The monoisotopic (exact) mass is 298 g/mol. The molecule has 5 nitrogen and oxygen atoms in total. The van der Waals surface area contributed by atoms with Crippen LogP contribution < -0.4 is 0 Å². The Kier molecular flexibility index (Phi) is 4.34. The lowest BCUT2D eigenvalue weighted by Crippen LogP contribution is -2.07. The highest BCUT2D eigenvalue weighted by molar-refractivity contribution is 6.33. The smallest absolute Gasteiger partial charge is 0.303 e. The van der Waals surface area contributed by atoms with Gasteiger partial charge in [-0.05, 0) is 24.1 Å². The van der Waals surface area contributed by atoms with Gasteiger partial charge in [-0.25, -0.2) is 4.39 Å². The van der Waals surface area contributed by atoms with Gasteiger partial charge in [-0.15, -0.1) is 0 Å². The minimum atomic E-state index is -0.876. The fourth-order valence-electron chi connectivity index (χ4n) is 1.79. The van der Waals surface area contributed by atoms with Crippen molar-refractivity contribution in [3.8, 4) is 11.4 Å². The highest BCUT2D eigenvalue weighted by atomic mass is 35.5. The molecular formula is C13H12ClFN2O3. The highest BCUT2D eigenvalue weighted by Crippen LogP contribution is 2.26. The van der Waals surface area contributed by atoms with Crippen LogP contribution in [0.3, 0.4) is 0 Å². The first-order chi connectivity index (χ1) is 9.45. The summed E-state index contributed by atoms with van der Waals surface area (Å²) in [6, 6.07) is 3.89. The minimum absolute atomic E-state index is 0.0228. The molecule has 106 valence electrons. The molecule has 0 aliphatic rings. The Morgan fingerprint density at radius 3 is 2.95 bits per heavy atom. The molecule has 0 fully saturated rings. The molecule has 1 unspecified atom stereocenters. The third-order valence-electron chi connectivity index (χ3n) is 2.69. The number of rotatable bonds is 5. The average Bonchev–Trinajstić information content (AvgIpc) is 2.75. The first-order valence-corrected chi connectivity index (χ1v) is 6.33. The summed E-state index contributed by atoms with van der Waals surface area (Å²) in [5.74, 6) is -0.859. The molecule has 0 amide bonds. The minimum Gasteiger partial charge on any atom is -0.481 e. The number of carbonyl (C=O) groups is 1. The largest absolute Gasteiger partial charge is 0.481 e. The lowest BCUT2D eigenvalue weighted by atomic mass is 10.0. The Hall–Kier alpha value is -1.95. The van der Waals surface area contributed by atoms with Crippen LogP contribution >= 0.6 is 11.6 Å². The molecular weight excluding hydrogens is 287 g/mol. The number of hydrogen-bond donors (Lipinski definition) is 1. The van der Waals surface area contributed by atoms with E-state index >= 15 is 0 Å². The summed E-state index contributed by atoms with van der Waals surface area (Å²) in [6.07, 6.45) is 0.382. The van der Waals surface area contributed by atoms with Gasteiger partial charge in [0.2, 0.25) is 11.7 Å². The van der Waals surface area contributed by atoms with E-state index in [1.807, 2.05) is 0 Å². The Morgan fingerprint density at radius 2 is 2.30 bits per heavy atom. The summed E-state index contributed by atoms with van der Waals surface area (Å²) in [4.78, 5) is 14.7. The summed E-state index contributed by atoms with van der Waals surface area (Å²) >= 11 is 5.91. The van der Waals surface area contributed by atoms with E-state index in [-0.39, 0.29) is 23.2 Å². The lowest BCUT2D eigenvalue weighted by molar-refractivity contribution is -0.137. The van der Waals surface area contributed by atoms with Gasteiger partial charge in [0.05, 0.1) is 5.02 Å². The van der Waals surface area contributed by atoms with E-state index in [2.05, 4.69) is 10.1 Å². The number of benzene rings is 1. The zero-order valence-corrected chi connectivity index (χ0v) is 11.4. The van der Waals surface area contributed by atoms with Crippen LogP contribution in [-0.4, -0.2) is 21.2 Å². The second-order valence-corrected chi connectivity index (χ2v) is 4.95. The molecule has 20 heavy (non-hydrogen) atoms. The van der Waals surface area contributed by atoms with Crippen LogP contribution in [0.25, 0.3) is 11.4 Å². The Balaban J connectivity index is 2.14. The average molecular weight is 299 g/mol. The van der Waals surface area contributed by atoms with Crippen LogP contribution in [0, 0.1) is 11.7 Å². The third kappa shape index (κ3) is 3.54. The van der Waals surface area contributed by atoms with Gasteiger partial charge in [-0.2, -0.15) is 4.98 Å². The molecule has 0 bridgehead atoms. The molecule has 0 aliphatic heterocycles. The highest BCUT2D eigenvalue weighted by Gasteiger charge is 2.16. The third-order valence-corrected chi connectivity index (χ3v) is 3.00. The molecule has 2 rings (SSSR count). The predicted molar refractivity (Wildman–Crippen MR) is 69.8 cm³/mol. The molecule has 1 aromatic carbocycles. The maximum atomic E-state index is 13.0. The second kappa shape index (κ2) is 6.00. The molecule has 0 spiro atoms. The normalized spacial score (nSPS) is 12.3. The van der Waals surface area contributed by atoms with Crippen molar-refractivity contribution in [1.29, 1.82) is 0 Å². The van der Waals surface area contributed by atoms with Gasteiger partial charge in [0, 0.05) is 18.4 Å². The maximum absolute atomic E-state index is 13.0. The van der Waals surface area contributed by atoms with Gasteiger partial charge in [0.25, 0.3) is 0 Å². The fraction of sp³-hybridized carbons (Fsp3) is 0.308.